The second-order valence-corrected chi connectivity index (χ2v) is 4.04. The summed E-state index contributed by atoms with van der Waals surface area (Å²) in [6, 6.07) is 1.25. The van der Waals surface area contributed by atoms with Crippen molar-refractivity contribution in [3.05, 3.63) is 0 Å². The topological polar surface area (TPSA) is 21.3 Å². The van der Waals surface area contributed by atoms with E-state index in [0.717, 1.165) is 0 Å². The maximum atomic E-state index is 5.72. The van der Waals surface area contributed by atoms with E-state index in [4.69, 9.17) is 4.74 Å². The average molecular weight is 155 g/mol. The molecule has 0 aromatic heterocycles. The first kappa shape index (κ1) is 7.56. The zero-order chi connectivity index (χ0) is 7.84. The van der Waals surface area contributed by atoms with Gasteiger partial charge in [-0.1, -0.05) is 13.8 Å². The number of hydrogen-bond donors (Lipinski definition) is 1. The molecule has 0 radical (unpaired) electrons. The Kier molecular flexibility index (Phi) is 1.90. The number of ether oxygens (including phenoxy) is 1. The van der Waals surface area contributed by atoms with Gasteiger partial charge in [-0.05, 0) is 19.3 Å². The van der Waals surface area contributed by atoms with Gasteiger partial charge in [0.15, 0.2) is 0 Å². The van der Waals surface area contributed by atoms with Crippen molar-refractivity contribution in [3.63, 3.8) is 0 Å². The minimum absolute atomic E-state index is 0.530. The van der Waals surface area contributed by atoms with Crippen LogP contribution in [0.15, 0.2) is 0 Å². The second kappa shape index (κ2) is 2.76. The Labute approximate surface area is 68.3 Å². The van der Waals surface area contributed by atoms with Crippen molar-refractivity contribution in [1.82, 2.24) is 5.32 Å². The lowest BCUT2D eigenvalue weighted by atomic mass is 9.95. The maximum Gasteiger partial charge on any atom is 0.0733 e. The Morgan fingerprint density at radius 1 is 1.36 bits per heavy atom. The summed E-state index contributed by atoms with van der Waals surface area (Å²) in [4.78, 5) is 0. The van der Waals surface area contributed by atoms with Gasteiger partial charge in [0.2, 0.25) is 0 Å². The summed E-state index contributed by atoms with van der Waals surface area (Å²) >= 11 is 0. The van der Waals surface area contributed by atoms with Gasteiger partial charge in [-0.2, -0.15) is 0 Å². The molecule has 64 valence electrons. The van der Waals surface area contributed by atoms with Crippen LogP contribution in [0, 0.1) is 0 Å². The molecule has 3 atom stereocenters. The fourth-order valence-corrected chi connectivity index (χ4v) is 2.24. The van der Waals surface area contributed by atoms with E-state index < -0.39 is 0 Å². The third-order valence-electron chi connectivity index (χ3n) is 2.65. The molecule has 0 saturated carbocycles. The van der Waals surface area contributed by atoms with Crippen molar-refractivity contribution in [2.45, 2.75) is 57.4 Å². The molecule has 2 saturated heterocycles. The highest BCUT2D eigenvalue weighted by molar-refractivity contribution is 4.94. The van der Waals surface area contributed by atoms with Crippen molar-refractivity contribution in [1.29, 1.82) is 0 Å². The van der Waals surface area contributed by atoms with Gasteiger partial charge in [0.25, 0.3) is 0 Å². The van der Waals surface area contributed by atoms with Crippen LogP contribution in [0.3, 0.4) is 0 Å². The number of nitrogens with one attached hydrogen (secondary N) is 1. The van der Waals surface area contributed by atoms with Gasteiger partial charge < -0.3 is 10.1 Å². The highest BCUT2D eigenvalue weighted by Gasteiger charge is 2.40. The number of fused-ring (bicyclic) bond motifs is 2. The predicted octanol–water partition coefficient (Wildman–Crippen LogP) is 1.30. The minimum Gasteiger partial charge on any atom is -0.373 e. The zero-order valence-electron chi connectivity index (χ0n) is 7.34. The number of hydrogen-bond acceptors (Lipinski definition) is 2. The van der Waals surface area contributed by atoms with E-state index in [2.05, 4.69) is 19.2 Å². The van der Waals surface area contributed by atoms with Gasteiger partial charge >= 0.3 is 0 Å². The smallest absolute Gasteiger partial charge is 0.0733 e. The molecule has 1 N–H and O–H groups in total. The van der Waals surface area contributed by atoms with Gasteiger partial charge in [-0.15, -0.1) is 0 Å². The first-order chi connectivity index (χ1) is 5.25. The summed E-state index contributed by atoms with van der Waals surface area (Å²) < 4.78 is 5.72. The van der Waals surface area contributed by atoms with Crippen LogP contribution >= 0.6 is 0 Å². The molecule has 2 heteroatoms. The Bertz CT molecular complexity index is 146. The largest absolute Gasteiger partial charge is 0.373 e. The minimum atomic E-state index is 0.530. The van der Waals surface area contributed by atoms with Crippen molar-refractivity contribution in [2.24, 2.45) is 0 Å². The summed E-state index contributed by atoms with van der Waals surface area (Å²) in [5, 5.41) is 3.55. The molecule has 0 spiro atoms. The van der Waals surface area contributed by atoms with E-state index in [1.54, 1.807) is 0 Å². The van der Waals surface area contributed by atoms with Gasteiger partial charge in [0.05, 0.1) is 12.2 Å². The molecule has 2 unspecified atom stereocenters. The highest BCUT2D eigenvalue weighted by Crippen LogP contribution is 2.34. The lowest BCUT2D eigenvalue weighted by molar-refractivity contribution is 0.0965. The van der Waals surface area contributed by atoms with Gasteiger partial charge in [0.1, 0.15) is 0 Å². The lowest BCUT2D eigenvalue weighted by Crippen LogP contribution is -2.41. The fraction of sp³-hybridized carbons (Fsp3) is 1.00. The van der Waals surface area contributed by atoms with Crippen LogP contribution in [0.25, 0.3) is 0 Å². The van der Waals surface area contributed by atoms with Crippen LogP contribution in [0.2, 0.25) is 0 Å². The van der Waals surface area contributed by atoms with Crippen LogP contribution in [0.5, 0.6) is 0 Å². The zero-order valence-corrected chi connectivity index (χ0v) is 7.34. The van der Waals surface area contributed by atoms with Crippen molar-refractivity contribution in [3.8, 4) is 0 Å². The standard InChI is InChI=1S/C9H17NO/c1-6(2)10-8-5-7-3-4-9(8)11-7/h6-10H,3-5H2,1-2H3/t7?,8-,9?/m0/s1. The quantitative estimate of drug-likeness (QED) is 0.649. The third kappa shape index (κ3) is 1.42. The fourth-order valence-electron chi connectivity index (χ4n) is 2.24. The SMILES string of the molecule is CC(C)N[C@H]1CC2CCC1O2. The predicted molar refractivity (Wildman–Crippen MR) is 44.6 cm³/mol. The van der Waals surface area contributed by atoms with E-state index in [9.17, 15) is 0 Å². The second-order valence-electron chi connectivity index (χ2n) is 4.04. The molecule has 0 aromatic carbocycles. The number of rotatable bonds is 2. The van der Waals surface area contributed by atoms with Gasteiger partial charge in [-0.3, -0.25) is 0 Å². The van der Waals surface area contributed by atoms with E-state index >= 15 is 0 Å². The summed E-state index contributed by atoms with van der Waals surface area (Å²) in [5.41, 5.74) is 0. The molecule has 2 aliphatic heterocycles. The molecule has 0 aliphatic carbocycles. The molecule has 2 nitrogen and oxygen atoms in total. The molecule has 0 aromatic rings. The lowest BCUT2D eigenvalue weighted by Gasteiger charge is -2.22. The monoisotopic (exact) mass is 155 g/mol. The molecule has 2 aliphatic rings. The molecule has 2 heterocycles. The van der Waals surface area contributed by atoms with Crippen molar-refractivity contribution >= 4 is 0 Å². The van der Waals surface area contributed by atoms with E-state index in [-0.39, 0.29) is 0 Å². The third-order valence-corrected chi connectivity index (χ3v) is 2.65. The van der Waals surface area contributed by atoms with Crippen molar-refractivity contribution in [2.75, 3.05) is 0 Å². The molecular weight excluding hydrogens is 138 g/mol. The van der Waals surface area contributed by atoms with E-state index in [1.807, 2.05) is 0 Å². The summed E-state index contributed by atoms with van der Waals surface area (Å²) in [6.45, 7) is 4.40. The molecule has 2 bridgehead atoms. The Hall–Kier alpha value is -0.0800. The molecular formula is C9H17NO. The van der Waals surface area contributed by atoms with Gasteiger partial charge in [0, 0.05) is 12.1 Å². The van der Waals surface area contributed by atoms with Gasteiger partial charge in [-0.25, -0.2) is 0 Å². The maximum absolute atomic E-state index is 5.72. The van der Waals surface area contributed by atoms with E-state index in [1.165, 1.54) is 19.3 Å². The molecule has 2 fully saturated rings. The van der Waals surface area contributed by atoms with Crippen LogP contribution < -0.4 is 5.32 Å². The van der Waals surface area contributed by atoms with Crippen LogP contribution in [0.1, 0.15) is 33.1 Å². The molecule has 0 amide bonds. The van der Waals surface area contributed by atoms with Crippen molar-refractivity contribution < 1.29 is 4.74 Å². The Balaban J connectivity index is 1.87. The summed E-state index contributed by atoms with van der Waals surface area (Å²) in [6.07, 6.45) is 4.91. The molecule has 2 rings (SSSR count). The summed E-state index contributed by atoms with van der Waals surface area (Å²) in [5.74, 6) is 0. The highest BCUT2D eigenvalue weighted by atomic mass is 16.5. The normalized spacial score (nSPS) is 42.3. The van der Waals surface area contributed by atoms with Crippen LogP contribution in [0.4, 0.5) is 0 Å². The Morgan fingerprint density at radius 3 is 2.64 bits per heavy atom. The van der Waals surface area contributed by atoms with E-state index in [0.29, 0.717) is 24.3 Å². The Morgan fingerprint density at radius 2 is 2.18 bits per heavy atom. The first-order valence-electron chi connectivity index (χ1n) is 4.67. The van der Waals surface area contributed by atoms with Crippen LogP contribution in [-0.2, 0) is 4.74 Å². The average Bonchev–Trinajstić information content (AvgIpc) is 2.45. The summed E-state index contributed by atoms with van der Waals surface area (Å²) in [7, 11) is 0. The van der Waals surface area contributed by atoms with Crippen LogP contribution in [-0.4, -0.2) is 24.3 Å². The first-order valence-corrected chi connectivity index (χ1v) is 4.67. The molecule has 11 heavy (non-hydrogen) atoms.